The molecular formula is C18H20ClN3O3. The number of methoxy groups -OCH3 is 1. The highest BCUT2D eigenvalue weighted by molar-refractivity contribution is 5.96. The normalized spacial score (nSPS) is 19.1. The number of halogens is 1. The van der Waals surface area contributed by atoms with Crippen molar-refractivity contribution in [1.29, 1.82) is 0 Å². The molecule has 1 aromatic carbocycles. The highest BCUT2D eigenvalue weighted by Gasteiger charge is 2.34. The molecule has 2 atom stereocenters. The van der Waals surface area contributed by atoms with Crippen LogP contribution in [0.25, 0.3) is 11.3 Å². The molecule has 3 N–H and O–H groups in total. The molecule has 0 spiro atoms. The molecule has 0 bridgehead atoms. The van der Waals surface area contributed by atoms with Crippen molar-refractivity contribution in [2.45, 2.75) is 18.4 Å². The van der Waals surface area contributed by atoms with Crippen LogP contribution in [-0.4, -0.2) is 36.6 Å². The molecule has 2 heterocycles. The van der Waals surface area contributed by atoms with E-state index in [0.29, 0.717) is 11.3 Å². The second-order valence-corrected chi connectivity index (χ2v) is 5.71. The number of pyridine rings is 1. The van der Waals surface area contributed by atoms with Crippen LogP contribution in [0.3, 0.4) is 0 Å². The molecule has 6 nitrogen and oxygen atoms in total. The van der Waals surface area contributed by atoms with Crippen molar-refractivity contribution < 1.29 is 14.3 Å². The first-order valence-electron chi connectivity index (χ1n) is 7.78. The number of benzene rings is 1. The number of nitrogens with zero attached hydrogens (tertiary/aromatic N) is 1. The summed E-state index contributed by atoms with van der Waals surface area (Å²) in [5.74, 6) is -0.864. The van der Waals surface area contributed by atoms with Gasteiger partial charge in [-0.3, -0.25) is 9.78 Å². The van der Waals surface area contributed by atoms with Gasteiger partial charge >= 0.3 is 5.97 Å². The summed E-state index contributed by atoms with van der Waals surface area (Å²) < 4.78 is 4.86. The number of hydrogen-bond acceptors (Lipinski definition) is 5. The molecule has 1 saturated heterocycles. The Labute approximate surface area is 152 Å². The molecule has 0 radical (unpaired) electrons. The van der Waals surface area contributed by atoms with Crippen LogP contribution >= 0.6 is 12.4 Å². The maximum Gasteiger partial charge on any atom is 0.340 e. The van der Waals surface area contributed by atoms with Crippen LogP contribution in [0, 0.1) is 0 Å². The largest absolute Gasteiger partial charge is 0.465 e. The lowest BCUT2D eigenvalue weighted by atomic mass is 9.86. The summed E-state index contributed by atoms with van der Waals surface area (Å²) in [7, 11) is 1.34. The first kappa shape index (κ1) is 18.9. The summed E-state index contributed by atoms with van der Waals surface area (Å²) >= 11 is 0. The Morgan fingerprint density at radius 1 is 1.24 bits per heavy atom. The van der Waals surface area contributed by atoms with Gasteiger partial charge in [0.2, 0.25) is 5.91 Å². The van der Waals surface area contributed by atoms with Gasteiger partial charge in [0.15, 0.2) is 0 Å². The second-order valence-electron chi connectivity index (χ2n) is 5.71. The van der Waals surface area contributed by atoms with Crippen molar-refractivity contribution in [3.63, 3.8) is 0 Å². The standard InChI is InChI=1S/C18H19N3O3.ClH/c1-24-18(23)14-7-4-9-20-15(14)12-6-3-2-5-11(12)13-8-10-21-16(13)17(19)22;/h2-7,9,13,16,21H,8,10H2,1H3,(H2,19,22);1H/t13-,16+;/m1./s1. The Bertz CT molecular complexity index is 782. The zero-order valence-corrected chi connectivity index (χ0v) is 14.6. The number of nitrogens with one attached hydrogen (secondary N) is 1. The summed E-state index contributed by atoms with van der Waals surface area (Å²) in [6.07, 6.45) is 2.43. The summed E-state index contributed by atoms with van der Waals surface area (Å²) in [5.41, 5.74) is 8.24. The number of aromatic nitrogens is 1. The SMILES string of the molecule is COC(=O)c1cccnc1-c1ccccc1[C@H]1CCN[C@@H]1C(N)=O.Cl. The van der Waals surface area contributed by atoms with E-state index in [1.165, 1.54) is 7.11 Å². The van der Waals surface area contributed by atoms with Crippen molar-refractivity contribution in [3.05, 3.63) is 53.7 Å². The number of ether oxygens (including phenoxy) is 1. The van der Waals surface area contributed by atoms with Crippen molar-refractivity contribution in [2.24, 2.45) is 5.73 Å². The monoisotopic (exact) mass is 361 g/mol. The zero-order valence-electron chi connectivity index (χ0n) is 13.8. The second kappa shape index (κ2) is 8.09. The van der Waals surface area contributed by atoms with E-state index in [4.69, 9.17) is 10.5 Å². The molecule has 2 aromatic rings. The molecule has 132 valence electrons. The van der Waals surface area contributed by atoms with Gasteiger partial charge in [0.1, 0.15) is 0 Å². The van der Waals surface area contributed by atoms with E-state index >= 15 is 0 Å². The molecular weight excluding hydrogens is 342 g/mol. The highest BCUT2D eigenvalue weighted by atomic mass is 35.5. The van der Waals surface area contributed by atoms with Crippen LogP contribution in [0.5, 0.6) is 0 Å². The van der Waals surface area contributed by atoms with Gasteiger partial charge in [0.05, 0.1) is 24.4 Å². The lowest BCUT2D eigenvalue weighted by molar-refractivity contribution is -0.119. The number of nitrogens with two attached hydrogens (primary N) is 1. The molecule has 0 aliphatic carbocycles. The van der Waals surface area contributed by atoms with Crippen LogP contribution in [0.1, 0.15) is 28.3 Å². The van der Waals surface area contributed by atoms with Gasteiger partial charge in [0, 0.05) is 17.7 Å². The van der Waals surface area contributed by atoms with Crippen molar-refractivity contribution in [3.8, 4) is 11.3 Å². The van der Waals surface area contributed by atoms with Crippen LogP contribution in [-0.2, 0) is 9.53 Å². The van der Waals surface area contributed by atoms with E-state index in [2.05, 4.69) is 10.3 Å². The minimum atomic E-state index is -0.441. The molecule has 1 fully saturated rings. The lowest BCUT2D eigenvalue weighted by Crippen LogP contribution is -2.39. The summed E-state index contributed by atoms with van der Waals surface area (Å²) in [6, 6.07) is 10.6. The summed E-state index contributed by atoms with van der Waals surface area (Å²) in [5, 5.41) is 3.15. The fourth-order valence-electron chi connectivity index (χ4n) is 3.27. The smallest absolute Gasteiger partial charge is 0.340 e. The van der Waals surface area contributed by atoms with Gasteiger partial charge in [-0.25, -0.2) is 4.79 Å². The van der Waals surface area contributed by atoms with Crippen LogP contribution in [0.2, 0.25) is 0 Å². The van der Waals surface area contributed by atoms with Crippen LogP contribution < -0.4 is 11.1 Å². The average Bonchev–Trinajstić information content (AvgIpc) is 3.11. The number of hydrogen-bond donors (Lipinski definition) is 2. The first-order chi connectivity index (χ1) is 11.6. The number of rotatable bonds is 4. The maximum absolute atomic E-state index is 12.1. The third-order valence-electron chi connectivity index (χ3n) is 4.36. The third kappa shape index (κ3) is 3.65. The number of esters is 1. The zero-order chi connectivity index (χ0) is 17.1. The lowest BCUT2D eigenvalue weighted by Gasteiger charge is -2.20. The fourth-order valence-corrected chi connectivity index (χ4v) is 3.27. The summed E-state index contributed by atoms with van der Waals surface area (Å²) in [6.45, 7) is 0.721. The average molecular weight is 362 g/mol. The molecule has 7 heteroatoms. The van der Waals surface area contributed by atoms with Crippen molar-refractivity contribution in [1.82, 2.24) is 10.3 Å². The van der Waals surface area contributed by atoms with Crippen LogP contribution in [0.4, 0.5) is 0 Å². The van der Waals surface area contributed by atoms with E-state index in [9.17, 15) is 9.59 Å². The van der Waals surface area contributed by atoms with E-state index in [1.54, 1.807) is 18.3 Å². The fraction of sp³-hybridized carbons (Fsp3) is 0.278. The predicted molar refractivity (Wildman–Crippen MR) is 96.6 cm³/mol. The topological polar surface area (TPSA) is 94.3 Å². The van der Waals surface area contributed by atoms with E-state index < -0.39 is 12.0 Å². The van der Waals surface area contributed by atoms with Gasteiger partial charge in [-0.1, -0.05) is 24.3 Å². The minimum absolute atomic E-state index is 0. The Kier molecular flexibility index (Phi) is 6.12. The maximum atomic E-state index is 12.1. The molecule has 3 rings (SSSR count). The van der Waals surface area contributed by atoms with Gasteiger partial charge in [0.25, 0.3) is 0 Å². The number of amides is 1. The van der Waals surface area contributed by atoms with Crippen molar-refractivity contribution in [2.75, 3.05) is 13.7 Å². The van der Waals surface area contributed by atoms with Crippen LogP contribution in [0.15, 0.2) is 42.6 Å². The molecule has 1 aliphatic rings. The van der Waals surface area contributed by atoms with Gasteiger partial charge < -0.3 is 15.8 Å². The van der Waals surface area contributed by atoms with Gasteiger partial charge in [-0.2, -0.15) is 0 Å². The number of primary amides is 1. The number of carbonyl (C=O) groups is 2. The van der Waals surface area contributed by atoms with Gasteiger partial charge in [-0.15, -0.1) is 12.4 Å². The van der Waals surface area contributed by atoms with E-state index in [-0.39, 0.29) is 24.2 Å². The number of carbonyl (C=O) groups excluding carboxylic acids is 2. The van der Waals surface area contributed by atoms with E-state index in [0.717, 1.165) is 24.1 Å². The van der Waals surface area contributed by atoms with E-state index in [1.807, 2.05) is 24.3 Å². The Morgan fingerprint density at radius 2 is 2.00 bits per heavy atom. The molecule has 25 heavy (non-hydrogen) atoms. The Morgan fingerprint density at radius 3 is 2.72 bits per heavy atom. The molecule has 0 saturated carbocycles. The molecule has 1 aliphatic heterocycles. The Hall–Kier alpha value is -2.44. The molecule has 1 aromatic heterocycles. The highest BCUT2D eigenvalue weighted by Crippen LogP contribution is 2.35. The van der Waals surface area contributed by atoms with Crippen molar-refractivity contribution >= 4 is 24.3 Å². The molecule has 1 amide bonds. The Balaban J connectivity index is 0.00000225. The minimum Gasteiger partial charge on any atom is -0.465 e. The van der Waals surface area contributed by atoms with Gasteiger partial charge in [-0.05, 0) is 30.7 Å². The predicted octanol–water partition coefficient (Wildman–Crippen LogP) is 1.89. The summed E-state index contributed by atoms with van der Waals surface area (Å²) in [4.78, 5) is 28.2. The quantitative estimate of drug-likeness (QED) is 0.811. The first-order valence-corrected chi connectivity index (χ1v) is 7.78. The molecule has 0 unspecified atom stereocenters. The third-order valence-corrected chi connectivity index (χ3v) is 4.36.